The second kappa shape index (κ2) is 11.2. The molecule has 0 saturated carbocycles. The third kappa shape index (κ3) is 6.51. The van der Waals surface area contributed by atoms with Crippen molar-refractivity contribution in [1.29, 1.82) is 0 Å². The lowest BCUT2D eigenvalue weighted by atomic mass is 10.1. The molecule has 0 aliphatic rings. The number of rotatable bonds is 10. The highest BCUT2D eigenvalue weighted by atomic mass is 16.6. The molecule has 3 aromatic carbocycles. The number of carbonyl (C=O) groups excluding carboxylic acids is 1. The summed E-state index contributed by atoms with van der Waals surface area (Å²) < 4.78 is 16.0. The van der Waals surface area contributed by atoms with Crippen LogP contribution < -0.4 is 19.6 Å². The SMILES string of the molecule is COc1ccc(CC(=O)N/N=C/c2cccc(Oc3ccc([N+](=O)[O-])cc3[N+](=O)[O-])c2)cc1OC. The quantitative estimate of drug-likeness (QED) is 0.259. The van der Waals surface area contributed by atoms with Crippen molar-refractivity contribution in [3.63, 3.8) is 0 Å². The van der Waals surface area contributed by atoms with Crippen molar-refractivity contribution in [2.24, 2.45) is 5.10 Å². The minimum absolute atomic E-state index is 0.0602. The molecule has 12 nitrogen and oxygen atoms in total. The zero-order valence-corrected chi connectivity index (χ0v) is 18.7. The van der Waals surface area contributed by atoms with Gasteiger partial charge in [0.05, 0.1) is 42.8 Å². The van der Waals surface area contributed by atoms with E-state index >= 15 is 0 Å². The molecule has 3 rings (SSSR count). The maximum atomic E-state index is 12.2. The molecule has 12 heteroatoms. The number of nitro groups is 2. The molecule has 0 saturated heterocycles. The summed E-state index contributed by atoms with van der Waals surface area (Å²) in [7, 11) is 3.02. The number of nitrogens with zero attached hydrogens (tertiary/aromatic N) is 3. The van der Waals surface area contributed by atoms with Crippen LogP contribution in [0.2, 0.25) is 0 Å². The fourth-order valence-corrected chi connectivity index (χ4v) is 3.03. The molecule has 1 N–H and O–H groups in total. The van der Waals surface area contributed by atoms with Gasteiger partial charge in [-0.3, -0.25) is 25.0 Å². The Bertz CT molecular complexity index is 1290. The molecule has 0 unspecified atom stereocenters. The third-order valence-electron chi connectivity index (χ3n) is 4.65. The van der Waals surface area contributed by atoms with E-state index in [1.165, 1.54) is 26.5 Å². The van der Waals surface area contributed by atoms with E-state index in [0.717, 1.165) is 18.2 Å². The van der Waals surface area contributed by atoms with Gasteiger partial charge in [0, 0.05) is 6.07 Å². The van der Waals surface area contributed by atoms with Gasteiger partial charge in [-0.1, -0.05) is 18.2 Å². The Morgan fingerprint density at radius 2 is 1.69 bits per heavy atom. The standard InChI is InChI=1S/C23H20N4O8/c1-33-21-8-6-15(11-22(21)34-2)12-23(28)25-24-14-16-4-3-5-18(10-16)35-20-9-7-17(26(29)30)13-19(20)27(31)32/h3-11,13-14H,12H2,1-2H3,(H,25,28)/b24-14+. The number of hydrazone groups is 1. The summed E-state index contributed by atoms with van der Waals surface area (Å²) >= 11 is 0. The summed E-state index contributed by atoms with van der Waals surface area (Å²) in [5.74, 6) is 0.782. The van der Waals surface area contributed by atoms with E-state index in [1.807, 2.05) is 0 Å². The molecule has 0 fully saturated rings. The Morgan fingerprint density at radius 3 is 2.37 bits per heavy atom. The summed E-state index contributed by atoms with van der Waals surface area (Å²) in [6.45, 7) is 0. The number of nitrogens with one attached hydrogen (secondary N) is 1. The van der Waals surface area contributed by atoms with E-state index in [2.05, 4.69) is 10.5 Å². The van der Waals surface area contributed by atoms with Gasteiger partial charge < -0.3 is 14.2 Å². The van der Waals surface area contributed by atoms with Crippen LogP contribution in [0.15, 0.2) is 65.8 Å². The molecule has 35 heavy (non-hydrogen) atoms. The number of hydrogen-bond donors (Lipinski definition) is 1. The largest absolute Gasteiger partial charge is 0.493 e. The van der Waals surface area contributed by atoms with E-state index in [4.69, 9.17) is 14.2 Å². The van der Waals surface area contributed by atoms with Gasteiger partial charge in [0.25, 0.3) is 5.69 Å². The number of methoxy groups -OCH3 is 2. The molecule has 0 aliphatic heterocycles. The number of carbonyl (C=O) groups is 1. The summed E-state index contributed by atoms with van der Waals surface area (Å²) in [5, 5.41) is 26.1. The monoisotopic (exact) mass is 480 g/mol. The van der Waals surface area contributed by atoms with E-state index in [1.54, 1.807) is 36.4 Å². The number of non-ortho nitro benzene ring substituents is 1. The molecule has 0 atom stereocenters. The average molecular weight is 480 g/mol. The number of hydrogen-bond acceptors (Lipinski definition) is 9. The van der Waals surface area contributed by atoms with Crippen LogP contribution in [0.25, 0.3) is 0 Å². The van der Waals surface area contributed by atoms with Crippen LogP contribution in [-0.4, -0.2) is 36.2 Å². The summed E-state index contributed by atoms with van der Waals surface area (Å²) in [5.41, 5.74) is 2.70. The van der Waals surface area contributed by atoms with Gasteiger partial charge in [-0.15, -0.1) is 0 Å². The van der Waals surface area contributed by atoms with Crippen LogP contribution in [0.3, 0.4) is 0 Å². The van der Waals surface area contributed by atoms with Gasteiger partial charge in [-0.05, 0) is 41.5 Å². The average Bonchev–Trinajstić information content (AvgIpc) is 2.84. The molecule has 0 radical (unpaired) electrons. The molecular weight excluding hydrogens is 460 g/mol. The highest BCUT2D eigenvalue weighted by Gasteiger charge is 2.21. The lowest BCUT2D eigenvalue weighted by Crippen LogP contribution is -2.19. The number of amides is 1. The molecule has 0 bridgehead atoms. The van der Waals surface area contributed by atoms with Crippen molar-refractivity contribution in [2.75, 3.05) is 14.2 Å². The topological polar surface area (TPSA) is 155 Å². The van der Waals surface area contributed by atoms with Gasteiger partial charge in [0.15, 0.2) is 11.5 Å². The zero-order chi connectivity index (χ0) is 25.4. The molecular formula is C23H20N4O8. The molecule has 3 aromatic rings. The maximum absolute atomic E-state index is 12.2. The van der Waals surface area contributed by atoms with Crippen molar-refractivity contribution in [3.05, 3.63) is 92.0 Å². The fraction of sp³-hybridized carbons (Fsp3) is 0.130. The van der Waals surface area contributed by atoms with Crippen LogP contribution in [0.5, 0.6) is 23.0 Å². The molecule has 1 amide bonds. The zero-order valence-electron chi connectivity index (χ0n) is 18.7. The normalized spacial score (nSPS) is 10.6. The number of nitro benzene ring substituents is 2. The van der Waals surface area contributed by atoms with Crippen molar-refractivity contribution >= 4 is 23.5 Å². The van der Waals surface area contributed by atoms with Crippen LogP contribution >= 0.6 is 0 Å². The second-order valence-electron chi connectivity index (χ2n) is 7.00. The first kappa shape index (κ1) is 24.6. The van der Waals surface area contributed by atoms with Crippen molar-refractivity contribution in [1.82, 2.24) is 5.43 Å². The van der Waals surface area contributed by atoms with Crippen molar-refractivity contribution in [3.8, 4) is 23.0 Å². The predicted molar refractivity (Wildman–Crippen MR) is 125 cm³/mol. The molecule has 0 aromatic heterocycles. The maximum Gasteiger partial charge on any atom is 0.318 e. The lowest BCUT2D eigenvalue weighted by molar-refractivity contribution is -0.394. The predicted octanol–water partition coefficient (Wildman–Crippen LogP) is 4.01. The minimum atomic E-state index is -0.762. The van der Waals surface area contributed by atoms with E-state index < -0.39 is 21.2 Å². The first-order valence-corrected chi connectivity index (χ1v) is 10.0. The van der Waals surface area contributed by atoms with Crippen molar-refractivity contribution < 1.29 is 28.9 Å². The smallest absolute Gasteiger partial charge is 0.318 e. The van der Waals surface area contributed by atoms with Crippen LogP contribution in [0.4, 0.5) is 11.4 Å². The van der Waals surface area contributed by atoms with E-state index in [9.17, 15) is 25.0 Å². The molecule has 0 spiro atoms. The molecule has 0 aliphatic carbocycles. The highest BCUT2D eigenvalue weighted by Crippen LogP contribution is 2.34. The summed E-state index contributed by atoms with van der Waals surface area (Å²) in [6, 6.07) is 14.6. The Morgan fingerprint density at radius 1 is 0.943 bits per heavy atom. The van der Waals surface area contributed by atoms with Gasteiger partial charge in [0.1, 0.15) is 5.75 Å². The van der Waals surface area contributed by atoms with Crippen LogP contribution in [0, 0.1) is 20.2 Å². The van der Waals surface area contributed by atoms with Gasteiger partial charge in [0.2, 0.25) is 11.7 Å². The minimum Gasteiger partial charge on any atom is -0.493 e. The Kier molecular flexibility index (Phi) is 7.90. The van der Waals surface area contributed by atoms with Gasteiger partial charge >= 0.3 is 5.69 Å². The summed E-state index contributed by atoms with van der Waals surface area (Å²) in [4.78, 5) is 32.9. The summed E-state index contributed by atoms with van der Waals surface area (Å²) in [6.07, 6.45) is 1.44. The van der Waals surface area contributed by atoms with E-state index in [0.29, 0.717) is 22.6 Å². The van der Waals surface area contributed by atoms with Gasteiger partial charge in [-0.2, -0.15) is 5.10 Å². The highest BCUT2D eigenvalue weighted by molar-refractivity contribution is 5.83. The Hall–Kier alpha value is -5.00. The fourth-order valence-electron chi connectivity index (χ4n) is 3.03. The second-order valence-corrected chi connectivity index (χ2v) is 7.00. The Labute approximate surface area is 199 Å². The first-order chi connectivity index (χ1) is 16.8. The molecule has 0 heterocycles. The third-order valence-corrected chi connectivity index (χ3v) is 4.65. The molecule has 180 valence electrons. The lowest BCUT2D eigenvalue weighted by Gasteiger charge is -2.09. The van der Waals surface area contributed by atoms with Crippen molar-refractivity contribution in [2.45, 2.75) is 6.42 Å². The van der Waals surface area contributed by atoms with Gasteiger partial charge in [-0.25, -0.2) is 5.43 Å². The van der Waals surface area contributed by atoms with Crippen LogP contribution in [0.1, 0.15) is 11.1 Å². The Balaban J connectivity index is 1.66. The first-order valence-electron chi connectivity index (χ1n) is 10.0. The number of ether oxygens (including phenoxy) is 3. The van der Waals surface area contributed by atoms with E-state index in [-0.39, 0.29) is 23.8 Å². The van der Waals surface area contributed by atoms with Crippen LogP contribution in [-0.2, 0) is 11.2 Å². The number of benzene rings is 3.